The lowest BCUT2D eigenvalue weighted by atomic mass is 9.74. The Kier molecular flexibility index (Phi) is 4.36. The maximum Gasteiger partial charge on any atom is 0.227 e. The summed E-state index contributed by atoms with van der Waals surface area (Å²) in [6, 6.07) is 4.06. The Morgan fingerprint density at radius 2 is 2.05 bits per heavy atom. The van der Waals surface area contributed by atoms with Crippen LogP contribution in [0.25, 0.3) is 0 Å². The van der Waals surface area contributed by atoms with E-state index in [2.05, 4.69) is 27.3 Å². The number of nitrogens with one attached hydrogen (secondary N) is 1. The molecule has 0 unspecified atom stereocenters. The van der Waals surface area contributed by atoms with Crippen molar-refractivity contribution in [2.45, 2.75) is 46.2 Å². The number of hydrogen-bond donors (Lipinski definition) is 2. The van der Waals surface area contributed by atoms with Crippen molar-refractivity contribution in [1.82, 2.24) is 5.32 Å². The Balaban J connectivity index is 2.13. The van der Waals surface area contributed by atoms with Gasteiger partial charge in [-0.3, -0.25) is 4.79 Å². The summed E-state index contributed by atoms with van der Waals surface area (Å²) in [6.45, 7) is 8.61. The first-order valence-corrected chi connectivity index (χ1v) is 7.93. The van der Waals surface area contributed by atoms with Crippen molar-refractivity contribution in [2.75, 3.05) is 6.61 Å². The minimum Gasteiger partial charge on any atom is -0.493 e. The zero-order valence-corrected chi connectivity index (χ0v) is 14.6. The van der Waals surface area contributed by atoms with Crippen LogP contribution in [0.1, 0.15) is 38.8 Å². The maximum atomic E-state index is 12.4. The van der Waals surface area contributed by atoms with Crippen molar-refractivity contribution in [3.8, 4) is 5.75 Å². The molecule has 4 nitrogen and oxygen atoms in total. The third kappa shape index (κ3) is 3.24. The van der Waals surface area contributed by atoms with Crippen LogP contribution >= 0.6 is 15.9 Å². The van der Waals surface area contributed by atoms with Crippen molar-refractivity contribution in [1.29, 1.82) is 0 Å². The molecule has 0 fully saturated rings. The molecule has 0 bridgehead atoms. The summed E-state index contributed by atoms with van der Waals surface area (Å²) >= 11 is 3.51. The SMILES string of the molecule is CC(C)(N)C(C)(C)C(=O)NCc1cc(Br)cc2c1OCC2. The van der Waals surface area contributed by atoms with Crippen molar-refractivity contribution in [2.24, 2.45) is 11.1 Å². The number of nitrogens with two attached hydrogens (primary N) is 1. The van der Waals surface area contributed by atoms with E-state index in [-0.39, 0.29) is 5.91 Å². The molecule has 116 valence electrons. The number of fused-ring (bicyclic) bond motifs is 1. The van der Waals surface area contributed by atoms with Crippen LogP contribution in [0.3, 0.4) is 0 Å². The van der Waals surface area contributed by atoms with Gasteiger partial charge < -0.3 is 15.8 Å². The number of carbonyl (C=O) groups excluding carboxylic acids is 1. The highest BCUT2D eigenvalue weighted by Gasteiger charge is 2.40. The van der Waals surface area contributed by atoms with Crippen LogP contribution in [0.15, 0.2) is 16.6 Å². The number of rotatable bonds is 4. The Labute approximate surface area is 134 Å². The fourth-order valence-corrected chi connectivity index (χ4v) is 2.72. The first-order valence-electron chi connectivity index (χ1n) is 7.14. The largest absolute Gasteiger partial charge is 0.493 e. The standard InChI is InChI=1S/C16H23BrN2O2/c1-15(2,16(3,4)18)14(20)19-9-11-8-12(17)7-10-5-6-21-13(10)11/h7-8H,5-6,9,18H2,1-4H3,(H,19,20). The molecule has 1 aromatic rings. The van der Waals surface area contributed by atoms with E-state index in [9.17, 15) is 4.79 Å². The molecule has 0 aromatic heterocycles. The predicted molar refractivity (Wildman–Crippen MR) is 87.2 cm³/mol. The van der Waals surface area contributed by atoms with Crippen LogP contribution in [0.5, 0.6) is 5.75 Å². The first kappa shape index (κ1) is 16.3. The van der Waals surface area contributed by atoms with Gasteiger partial charge in [0, 0.05) is 28.5 Å². The normalized spacial score (nSPS) is 14.6. The Morgan fingerprint density at radius 1 is 1.38 bits per heavy atom. The number of hydrogen-bond acceptors (Lipinski definition) is 3. The molecule has 1 aliphatic rings. The van der Waals surface area contributed by atoms with E-state index in [1.54, 1.807) is 0 Å². The Bertz CT molecular complexity index is 562. The van der Waals surface area contributed by atoms with Gasteiger partial charge in [-0.1, -0.05) is 15.9 Å². The summed E-state index contributed by atoms with van der Waals surface area (Å²) in [4.78, 5) is 12.4. The predicted octanol–water partition coefficient (Wildman–Crippen LogP) is 2.76. The number of benzene rings is 1. The molecule has 21 heavy (non-hydrogen) atoms. The molecule has 1 heterocycles. The summed E-state index contributed by atoms with van der Waals surface area (Å²) in [5.74, 6) is 0.852. The summed E-state index contributed by atoms with van der Waals surface area (Å²) in [7, 11) is 0. The van der Waals surface area contributed by atoms with E-state index in [0.29, 0.717) is 13.2 Å². The summed E-state index contributed by atoms with van der Waals surface area (Å²) in [6.07, 6.45) is 0.914. The highest BCUT2D eigenvalue weighted by molar-refractivity contribution is 9.10. The maximum absolute atomic E-state index is 12.4. The zero-order chi connectivity index (χ0) is 15.8. The quantitative estimate of drug-likeness (QED) is 0.873. The van der Waals surface area contributed by atoms with Crippen LogP contribution in [-0.2, 0) is 17.8 Å². The van der Waals surface area contributed by atoms with Crippen LogP contribution in [0.4, 0.5) is 0 Å². The van der Waals surface area contributed by atoms with Gasteiger partial charge in [-0.15, -0.1) is 0 Å². The van der Waals surface area contributed by atoms with Gasteiger partial charge >= 0.3 is 0 Å². The monoisotopic (exact) mass is 354 g/mol. The van der Waals surface area contributed by atoms with Crippen molar-refractivity contribution in [3.63, 3.8) is 0 Å². The third-order valence-corrected chi connectivity index (χ3v) is 4.90. The summed E-state index contributed by atoms with van der Waals surface area (Å²) in [5, 5.41) is 2.98. The molecule has 3 N–H and O–H groups in total. The third-order valence-electron chi connectivity index (χ3n) is 4.44. The number of halogens is 1. The molecule has 0 saturated carbocycles. The molecular weight excluding hydrogens is 332 g/mol. The summed E-state index contributed by atoms with van der Waals surface area (Å²) < 4.78 is 6.68. The van der Waals surface area contributed by atoms with Crippen LogP contribution in [-0.4, -0.2) is 18.1 Å². The average molecular weight is 355 g/mol. The average Bonchev–Trinajstić information content (AvgIpc) is 2.81. The molecule has 0 saturated heterocycles. The first-order chi connectivity index (χ1) is 9.63. The van der Waals surface area contributed by atoms with Gasteiger partial charge in [-0.25, -0.2) is 0 Å². The van der Waals surface area contributed by atoms with E-state index in [0.717, 1.165) is 22.2 Å². The number of carbonyl (C=O) groups is 1. The van der Waals surface area contributed by atoms with Gasteiger partial charge in [-0.05, 0) is 45.4 Å². The second-order valence-corrected chi connectivity index (χ2v) is 7.60. The minimum atomic E-state index is -0.650. The Morgan fingerprint density at radius 3 is 2.67 bits per heavy atom. The lowest BCUT2D eigenvalue weighted by Crippen LogP contribution is -2.55. The highest BCUT2D eigenvalue weighted by atomic mass is 79.9. The molecule has 0 spiro atoms. The van der Waals surface area contributed by atoms with Crippen LogP contribution in [0.2, 0.25) is 0 Å². The second kappa shape index (κ2) is 5.61. The van der Waals surface area contributed by atoms with Gasteiger partial charge in [-0.2, -0.15) is 0 Å². The molecule has 0 radical (unpaired) electrons. The minimum absolute atomic E-state index is 0.0540. The molecule has 2 rings (SSSR count). The van der Waals surface area contributed by atoms with E-state index < -0.39 is 11.0 Å². The van der Waals surface area contributed by atoms with Gasteiger partial charge in [0.05, 0.1) is 12.0 Å². The van der Waals surface area contributed by atoms with E-state index in [4.69, 9.17) is 10.5 Å². The van der Waals surface area contributed by atoms with Crippen molar-refractivity contribution in [3.05, 3.63) is 27.7 Å². The molecule has 0 aliphatic carbocycles. The number of amides is 1. The van der Waals surface area contributed by atoms with Gasteiger partial charge in [0.2, 0.25) is 5.91 Å². The molecule has 0 atom stereocenters. The fraction of sp³-hybridized carbons (Fsp3) is 0.562. The number of ether oxygens (including phenoxy) is 1. The summed E-state index contributed by atoms with van der Waals surface area (Å²) in [5.41, 5.74) is 7.05. The topological polar surface area (TPSA) is 64.4 Å². The van der Waals surface area contributed by atoms with Gasteiger partial charge in [0.1, 0.15) is 5.75 Å². The second-order valence-electron chi connectivity index (χ2n) is 6.68. The highest BCUT2D eigenvalue weighted by Crippen LogP contribution is 2.33. The molecule has 5 heteroatoms. The molecular formula is C16H23BrN2O2. The van der Waals surface area contributed by atoms with Gasteiger partial charge in [0.25, 0.3) is 0 Å². The van der Waals surface area contributed by atoms with Crippen LogP contribution in [0, 0.1) is 5.41 Å². The van der Waals surface area contributed by atoms with E-state index >= 15 is 0 Å². The molecule has 1 aliphatic heterocycles. The van der Waals surface area contributed by atoms with Gasteiger partial charge in [0.15, 0.2) is 0 Å². The molecule has 1 amide bonds. The van der Waals surface area contributed by atoms with E-state index in [1.807, 2.05) is 33.8 Å². The zero-order valence-electron chi connectivity index (χ0n) is 13.0. The van der Waals surface area contributed by atoms with Crippen molar-refractivity contribution >= 4 is 21.8 Å². The van der Waals surface area contributed by atoms with E-state index in [1.165, 1.54) is 5.56 Å². The fourth-order valence-electron chi connectivity index (χ4n) is 2.17. The van der Waals surface area contributed by atoms with Crippen molar-refractivity contribution < 1.29 is 9.53 Å². The Hall–Kier alpha value is -1.07. The lowest BCUT2D eigenvalue weighted by Gasteiger charge is -2.36. The molecule has 1 aromatic carbocycles. The van der Waals surface area contributed by atoms with Crippen LogP contribution < -0.4 is 15.8 Å². The lowest BCUT2D eigenvalue weighted by molar-refractivity contribution is -0.132. The smallest absolute Gasteiger partial charge is 0.227 e.